The van der Waals surface area contributed by atoms with Gasteiger partial charge in [-0.25, -0.2) is 0 Å². The number of halogens is 1. The number of hydrogen-bond acceptors (Lipinski definition) is 2. The van der Waals surface area contributed by atoms with Gasteiger partial charge in [-0.1, -0.05) is 19.9 Å². The first-order valence-electron chi connectivity index (χ1n) is 6.57. The first kappa shape index (κ1) is 18.7. The zero-order chi connectivity index (χ0) is 13.4. The number of nitrogens with zero attached hydrogens (tertiary/aromatic N) is 2. The van der Waals surface area contributed by atoms with Gasteiger partial charge in [0.2, 0.25) is 0 Å². The largest absolute Gasteiger partial charge is 0.356 e. The molecule has 0 atom stereocenters. The van der Waals surface area contributed by atoms with E-state index >= 15 is 0 Å². The molecule has 1 rings (SSSR count). The van der Waals surface area contributed by atoms with Gasteiger partial charge in [-0.2, -0.15) is 0 Å². The highest BCUT2D eigenvalue weighted by Crippen LogP contribution is 2.09. The fourth-order valence-electron chi connectivity index (χ4n) is 1.70. The van der Waals surface area contributed by atoms with Crippen LogP contribution in [0, 0.1) is 5.92 Å². The van der Waals surface area contributed by atoms with Gasteiger partial charge in [0.25, 0.3) is 0 Å². The average molecular weight is 395 g/mol. The van der Waals surface area contributed by atoms with Crippen molar-refractivity contribution in [1.82, 2.24) is 10.2 Å². The summed E-state index contributed by atoms with van der Waals surface area (Å²) in [4.78, 5) is 7.94. The van der Waals surface area contributed by atoms with Crippen LogP contribution in [0.25, 0.3) is 0 Å². The fraction of sp³-hybridized carbons (Fsp3) is 0.643. The standard InChI is InChI=1S/C14H25N3S.HI/c1-12(2)7-9-16-14(15-3)17(4)10-8-13-6-5-11-18-13;/h5-6,11-12H,7-10H2,1-4H3,(H,15,16);1H. The van der Waals surface area contributed by atoms with E-state index in [1.807, 2.05) is 18.4 Å². The Hall–Kier alpha value is -0.300. The van der Waals surface area contributed by atoms with Gasteiger partial charge in [0.15, 0.2) is 5.96 Å². The number of rotatable bonds is 6. The van der Waals surface area contributed by atoms with Gasteiger partial charge >= 0.3 is 0 Å². The van der Waals surface area contributed by atoms with Crippen molar-refractivity contribution in [2.24, 2.45) is 10.9 Å². The zero-order valence-corrected chi connectivity index (χ0v) is 15.5. The Kier molecular flexibility index (Phi) is 10.3. The number of nitrogens with one attached hydrogen (secondary N) is 1. The Balaban J connectivity index is 0.00000324. The average Bonchev–Trinajstić information content (AvgIpc) is 2.84. The molecule has 0 fully saturated rings. The Morgan fingerprint density at radius 2 is 2.21 bits per heavy atom. The number of hydrogen-bond donors (Lipinski definition) is 1. The van der Waals surface area contributed by atoms with Gasteiger partial charge in [0.05, 0.1) is 0 Å². The summed E-state index contributed by atoms with van der Waals surface area (Å²) >= 11 is 1.82. The first-order chi connectivity index (χ1) is 8.63. The number of thiophene rings is 1. The lowest BCUT2D eigenvalue weighted by molar-refractivity contribution is 0.478. The Morgan fingerprint density at radius 3 is 2.74 bits per heavy atom. The van der Waals surface area contributed by atoms with E-state index in [-0.39, 0.29) is 24.0 Å². The summed E-state index contributed by atoms with van der Waals surface area (Å²) in [7, 11) is 3.94. The highest BCUT2D eigenvalue weighted by atomic mass is 127. The van der Waals surface area contributed by atoms with E-state index in [4.69, 9.17) is 0 Å². The lowest BCUT2D eigenvalue weighted by atomic mass is 10.1. The molecule has 3 nitrogen and oxygen atoms in total. The Bertz CT molecular complexity index is 350. The molecular weight excluding hydrogens is 369 g/mol. The molecular formula is C14H26IN3S. The molecule has 0 spiro atoms. The smallest absolute Gasteiger partial charge is 0.193 e. The van der Waals surface area contributed by atoms with Crippen LogP contribution in [0.15, 0.2) is 22.5 Å². The molecule has 1 N–H and O–H groups in total. The molecule has 0 aliphatic carbocycles. The molecule has 19 heavy (non-hydrogen) atoms. The van der Waals surface area contributed by atoms with Crippen molar-refractivity contribution >= 4 is 41.3 Å². The van der Waals surface area contributed by atoms with E-state index in [0.29, 0.717) is 0 Å². The van der Waals surface area contributed by atoms with E-state index in [1.54, 1.807) is 0 Å². The predicted molar refractivity (Wildman–Crippen MR) is 96.9 cm³/mol. The molecule has 0 radical (unpaired) electrons. The van der Waals surface area contributed by atoms with Crippen molar-refractivity contribution in [3.63, 3.8) is 0 Å². The number of likely N-dealkylation sites (N-methyl/N-ethyl adjacent to an activating group) is 1. The Labute approximate surface area is 138 Å². The molecule has 0 saturated heterocycles. The predicted octanol–water partition coefficient (Wildman–Crippen LogP) is 3.46. The summed E-state index contributed by atoms with van der Waals surface area (Å²) in [5.41, 5.74) is 0. The summed E-state index contributed by atoms with van der Waals surface area (Å²) in [5, 5.41) is 5.54. The monoisotopic (exact) mass is 395 g/mol. The fourth-order valence-corrected chi connectivity index (χ4v) is 2.39. The van der Waals surface area contributed by atoms with E-state index in [9.17, 15) is 0 Å². The molecule has 0 bridgehead atoms. The van der Waals surface area contributed by atoms with Crippen LogP contribution in [-0.4, -0.2) is 38.0 Å². The maximum atomic E-state index is 4.32. The summed E-state index contributed by atoms with van der Waals surface area (Å²) in [6.07, 6.45) is 2.26. The van der Waals surface area contributed by atoms with Gasteiger partial charge < -0.3 is 10.2 Å². The van der Waals surface area contributed by atoms with Crippen LogP contribution < -0.4 is 5.32 Å². The van der Waals surface area contributed by atoms with Crippen LogP contribution in [-0.2, 0) is 6.42 Å². The molecule has 1 aromatic rings. The molecule has 1 aromatic heterocycles. The highest BCUT2D eigenvalue weighted by molar-refractivity contribution is 14.0. The van der Waals surface area contributed by atoms with Gasteiger partial charge in [0, 0.05) is 32.1 Å². The normalized spacial score (nSPS) is 11.3. The lowest BCUT2D eigenvalue weighted by Gasteiger charge is -2.22. The minimum absolute atomic E-state index is 0. The topological polar surface area (TPSA) is 27.6 Å². The zero-order valence-electron chi connectivity index (χ0n) is 12.3. The van der Waals surface area contributed by atoms with Gasteiger partial charge in [0.1, 0.15) is 0 Å². The molecule has 0 aliphatic heterocycles. The lowest BCUT2D eigenvalue weighted by Crippen LogP contribution is -2.40. The van der Waals surface area contributed by atoms with E-state index in [1.165, 1.54) is 11.3 Å². The molecule has 110 valence electrons. The SMILES string of the molecule is CN=C(NCCC(C)C)N(C)CCc1cccs1.I. The molecule has 0 amide bonds. The molecule has 0 saturated carbocycles. The summed E-state index contributed by atoms with van der Waals surface area (Å²) in [6, 6.07) is 4.29. The van der Waals surface area contributed by atoms with Crippen molar-refractivity contribution in [2.45, 2.75) is 26.7 Å². The summed E-state index contributed by atoms with van der Waals surface area (Å²) < 4.78 is 0. The molecule has 0 aromatic carbocycles. The van der Waals surface area contributed by atoms with Crippen molar-refractivity contribution in [3.05, 3.63) is 22.4 Å². The Morgan fingerprint density at radius 1 is 1.47 bits per heavy atom. The van der Waals surface area contributed by atoms with E-state index < -0.39 is 0 Å². The minimum atomic E-state index is 0. The maximum Gasteiger partial charge on any atom is 0.193 e. The highest BCUT2D eigenvalue weighted by Gasteiger charge is 2.06. The number of aliphatic imine (C=N–C) groups is 1. The van der Waals surface area contributed by atoms with Crippen LogP contribution in [0.3, 0.4) is 0 Å². The molecule has 0 unspecified atom stereocenters. The van der Waals surface area contributed by atoms with Crippen LogP contribution in [0.4, 0.5) is 0 Å². The second-order valence-corrected chi connectivity index (χ2v) is 5.94. The minimum Gasteiger partial charge on any atom is -0.356 e. The maximum absolute atomic E-state index is 4.32. The van der Waals surface area contributed by atoms with Crippen LogP contribution in [0.2, 0.25) is 0 Å². The third-order valence-corrected chi connectivity index (χ3v) is 3.79. The second kappa shape index (κ2) is 10.5. The quantitative estimate of drug-likeness (QED) is 0.454. The second-order valence-electron chi connectivity index (χ2n) is 4.91. The van der Waals surface area contributed by atoms with Crippen LogP contribution in [0.5, 0.6) is 0 Å². The summed E-state index contributed by atoms with van der Waals surface area (Å²) in [5.74, 6) is 1.72. The number of guanidine groups is 1. The van der Waals surface area contributed by atoms with Crippen molar-refractivity contribution < 1.29 is 0 Å². The summed E-state index contributed by atoms with van der Waals surface area (Å²) in [6.45, 7) is 6.48. The van der Waals surface area contributed by atoms with Crippen molar-refractivity contribution in [1.29, 1.82) is 0 Å². The van der Waals surface area contributed by atoms with E-state index in [0.717, 1.165) is 31.4 Å². The molecule has 0 aliphatic rings. The van der Waals surface area contributed by atoms with Crippen molar-refractivity contribution in [2.75, 3.05) is 27.2 Å². The third-order valence-electron chi connectivity index (χ3n) is 2.85. The van der Waals surface area contributed by atoms with Gasteiger partial charge in [-0.15, -0.1) is 35.3 Å². The van der Waals surface area contributed by atoms with Crippen molar-refractivity contribution in [3.8, 4) is 0 Å². The van der Waals surface area contributed by atoms with Crippen LogP contribution >= 0.6 is 35.3 Å². The third kappa shape index (κ3) is 7.77. The molecule has 5 heteroatoms. The van der Waals surface area contributed by atoms with Gasteiger partial charge in [-0.05, 0) is 30.2 Å². The van der Waals surface area contributed by atoms with E-state index in [2.05, 4.69) is 53.6 Å². The first-order valence-corrected chi connectivity index (χ1v) is 7.45. The molecule has 1 heterocycles. The van der Waals surface area contributed by atoms with Crippen LogP contribution in [0.1, 0.15) is 25.1 Å². The van der Waals surface area contributed by atoms with Gasteiger partial charge in [-0.3, -0.25) is 4.99 Å².